The number of aromatic nitrogens is 1. The van der Waals surface area contributed by atoms with Crippen molar-refractivity contribution in [1.82, 2.24) is 4.98 Å². The van der Waals surface area contributed by atoms with Gasteiger partial charge < -0.3 is 15.7 Å². The molecule has 0 radical (unpaired) electrons. The van der Waals surface area contributed by atoms with E-state index in [2.05, 4.69) is 9.88 Å². The Hall–Kier alpha value is -1.29. The summed E-state index contributed by atoms with van der Waals surface area (Å²) in [6.07, 6.45) is 3.55. The fourth-order valence-electron chi connectivity index (χ4n) is 2.14. The lowest BCUT2D eigenvalue weighted by atomic mass is 9.95. The fraction of sp³-hybridized carbons (Fsp3) is 0.583. The summed E-state index contributed by atoms with van der Waals surface area (Å²) < 4.78 is 0. The minimum Gasteiger partial charge on any atom is -0.397 e. The first-order valence-electron chi connectivity index (χ1n) is 5.67. The highest BCUT2D eigenvalue weighted by Crippen LogP contribution is 2.25. The Kier molecular flexibility index (Phi) is 2.76. The van der Waals surface area contributed by atoms with Gasteiger partial charge in [0.05, 0.1) is 17.5 Å². The van der Waals surface area contributed by atoms with Crippen molar-refractivity contribution in [1.29, 1.82) is 0 Å². The highest BCUT2D eigenvalue weighted by Gasteiger charge is 2.28. The van der Waals surface area contributed by atoms with Gasteiger partial charge in [0.25, 0.3) is 0 Å². The van der Waals surface area contributed by atoms with Crippen LogP contribution in [0.15, 0.2) is 12.3 Å². The standard InChI is InChI=1S/C12H19N3O/c1-9-6-11(14-7-10(9)13)15-5-3-4-12(2,16)8-15/h6-7,16H,3-5,8,13H2,1-2H3. The van der Waals surface area contributed by atoms with Gasteiger partial charge in [-0.3, -0.25) is 0 Å². The minimum absolute atomic E-state index is 0.602. The van der Waals surface area contributed by atoms with Gasteiger partial charge in [-0.15, -0.1) is 0 Å². The highest BCUT2D eigenvalue weighted by molar-refractivity contribution is 5.52. The van der Waals surface area contributed by atoms with E-state index in [1.165, 1.54) is 0 Å². The second-order valence-corrected chi connectivity index (χ2v) is 4.92. The van der Waals surface area contributed by atoms with E-state index in [0.717, 1.165) is 30.8 Å². The lowest BCUT2D eigenvalue weighted by Gasteiger charge is -2.37. The van der Waals surface area contributed by atoms with Crippen LogP contribution in [-0.4, -0.2) is 28.8 Å². The lowest BCUT2D eigenvalue weighted by molar-refractivity contribution is 0.0447. The molecule has 4 heteroatoms. The van der Waals surface area contributed by atoms with Crippen molar-refractivity contribution in [2.75, 3.05) is 23.7 Å². The summed E-state index contributed by atoms with van der Waals surface area (Å²) in [5.74, 6) is 0.909. The molecule has 0 spiro atoms. The Morgan fingerprint density at radius 3 is 2.94 bits per heavy atom. The van der Waals surface area contributed by atoms with Crippen LogP contribution in [0.1, 0.15) is 25.3 Å². The van der Waals surface area contributed by atoms with Crippen LogP contribution in [0.4, 0.5) is 11.5 Å². The molecule has 16 heavy (non-hydrogen) atoms. The second-order valence-electron chi connectivity index (χ2n) is 4.92. The third-order valence-electron chi connectivity index (χ3n) is 3.14. The average Bonchev–Trinajstić information content (AvgIpc) is 2.20. The van der Waals surface area contributed by atoms with Crippen molar-refractivity contribution in [3.05, 3.63) is 17.8 Å². The van der Waals surface area contributed by atoms with Gasteiger partial charge in [-0.1, -0.05) is 0 Å². The number of piperidine rings is 1. The van der Waals surface area contributed by atoms with Crippen LogP contribution in [0.2, 0.25) is 0 Å². The topological polar surface area (TPSA) is 62.4 Å². The van der Waals surface area contributed by atoms with Crippen molar-refractivity contribution in [3.8, 4) is 0 Å². The molecule has 1 atom stereocenters. The molecule has 1 unspecified atom stereocenters. The second kappa shape index (κ2) is 3.94. The van der Waals surface area contributed by atoms with Crippen LogP contribution in [0.25, 0.3) is 0 Å². The maximum absolute atomic E-state index is 10.0. The van der Waals surface area contributed by atoms with Gasteiger partial charge in [-0.05, 0) is 38.3 Å². The first-order valence-corrected chi connectivity index (χ1v) is 5.67. The predicted molar refractivity (Wildman–Crippen MR) is 65.5 cm³/mol. The molecule has 2 heterocycles. The van der Waals surface area contributed by atoms with Gasteiger partial charge in [0.15, 0.2) is 0 Å². The van der Waals surface area contributed by atoms with Crippen LogP contribution < -0.4 is 10.6 Å². The van der Waals surface area contributed by atoms with Crippen LogP contribution in [0.3, 0.4) is 0 Å². The van der Waals surface area contributed by atoms with Gasteiger partial charge in [0.2, 0.25) is 0 Å². The average molecular weight is 221 g/mol. The van der Waals surface area contributed by atoms with Gasteiger partial charge in [0.1, 0.15) is 5.82 Å². The van der Waals surface area contributed by atoms with Crippen LogP contribution in [-0.2, 0) is 0 Å². The van der Waals surface area contributed by atoms with E-state index in [-0.39, 0.29) is 0 Å². The van der Waals surface area contributed by atoms with Crippen LogP contribution in [0, 0.1) is 6.92 Å². The van der Waals surface area contributed by atoms with E-state index >= 15 is 0 Å². The van der Waals surface area contributed by atoms with E-state index in [1.807, 2.05) is 19.9 Å². The molecule has 1 aliphatic heterocycles. The molecule has 1 fully saturated rings. The molecule has 2 rings (SSSR count). The molecule has 0 saturated carbocycles. The number of nitrogens with zero attached hydrogens (tertiary/aromatic N) is 2. The minimum atomic E-state index is -0.602. The first kappa shape index (κ1) is 11.2. The Labute approximate surface area is 96.1 Å². The number of hydrogen-bond acceptors (Lipinski definition) is 4. The smallest absolute Gasteiger partial charge is 0.128 e. The number of nitrogens with two attached hydrogens (primary N) is 1. The number of β-amino-alcohol motifs (C(OH)–C–C–N with tert-alkyl or cyclic N) is 1. The van der Waals surface area contributed by atoms with Crippen molar-refractivity contribution in [3.63, 3.8) is 0 Å². The van der Waals surface area contributed by atoms with E-state index in [0.29, 0.717) is 12.2 Å². The van der Waals surface area contributed by atoms with Gasteiger partial charge >= 0.3 is 0 Å². The van der Waals surface area contributed by atoms with Crippen LogP contribution in [0.5, 0.6) is 0 Å². The molecule has 1 saturated heterocycles. The van der Waals surface area contributed by atoms with E-state index in [4.69, 9.17) is 5.73 Å². The molecule has 3 N–H and O–H groups in total. The van der Waals surface area contributed by atoms with Crippen LogP contribution >= 0.6 is 0 Å². The Bertz CT molecular complexity index is 390. The number of anilines is 2. The monoisotopic (exact) mass is 221 g/mol. The SMILES string of the molecule is Cc1cc(N2CCCC(C)(O)C2)ncc1N. The van der Waals surface area contributed by atoms with Crippen molar-refractivity contribution >= 4 is 11.5 Å². The van der Waals surface area contributed by atoms with E-state index in [9.17, 15) is 5.11 Å². The summed E-state index contributed by atoms with van der Waals surface area (Å²) in [7, 11) is 0. The highest BCUT2D eigenvalue weighted by atomic mass is 16.3. The summed E-state index contributed by atoms with van der Waals surface area (Å²) in [6, 6.07) is 1.98. The summed E-state index contributed by atoms with van der Waals surface area (Å²) >= 11 is 0. The molecule has 1 aromatic rings. The molecule has 1 aliphatic rings. The van der Waals surface area contributed by atoms with Crippen molar-refractivity contribution in [2.24, 2.45) is 0 Å². The van der Waals surface area contributed by atoms with Gasteiger partial charge in [0, 0.05) is 13.1 Å². The molecule has 88 valence electrons. The molecule has 0 aromatic carbocycles. The number of pyridine rings is 1. The maximum atomic E-state index is 10.0. The molecular formula is C12H19N3O. The zero-order valence-electron chi connectivity index (χ0n) is 9.90. The lowest BCUT2D eigenvalue weighted by Crippen LogP contribution is -2.46. The number of nitrogen functional groups attached to an aromatic ring is 1. The summed E-state index contributed by atoms with van der Waals surface area (Å²) in [5.41, 5.74) is 6.89. The largest absolute Gasteiger partial charge is 0.397 e. The summed E-state index contributed by atoms with van der Waals surface area (Å²) in [4.78, 5) is 6.44. The zero-order chi connectivity index (χ0) is 11.8. The number of aliphatic hydroxyl groups is 1. The molecule has 0 bridgehead atoms. The number of aryl methyl sites for hydroxylation is 1. The Balaban J connectivity index is 2.20. The number of rotatable bonds is 1. The predicted octanol–water partition coefficient (Wildman–Crippen LogP) is 1.32. The fourth-order valence-corrected chi connectivity index (χ4v) is 2.14. The summed E-state index contributed by atoms with van der Waals surface area (Å²) in [6.45, 7) is 5.45. The molecule has 1 aromatic heterocycles. The van der Waals surface area contributed by atoms with Gasteiger partial charge in [-0.2, -0.15) is 0 Å². The first-order chi connectivity index (χ1) is 7.48. The molecule has 0 amide bonds. The van der Waals surface area contributed by atoms with E-state index < -0.39 is 5.60 Å². The normalized spacial score (nSPS) is 25.8. The summed E-state index contributed by atoms with van der Waals surface area (Å²) in [5, 5.41) is 10.0. The van der Waals surface area contributed by atoms with Gasteiger partial charge in [-0.25, -0.2) is 4.98 Å². The quantitative estimate of drug-likeness (QED) is 0.751. The molecular weight excluding hydrogens is 202 g/mol. The van der Waals surface area contributed by atoms with Crippen molar-refractivity contribution in [2.45, 2.75) is 32.3 Å². The third-order valence-corrected chi connectivity index (χ3v) is 3.14. The number of hydrogen-bond donors (Lipinski definition) is 2. The molecule has 0 aliphatic carbocycles. The Morgan fingerprint density at radius 1 is 1.56 bits per heavy atom. The maximum Gasteiger partial charge on any atom is 0.128 e. The zero-order valence-corrected chi connectivity index (χ0v) is 9.90. The van der Waals surface area contributed by atoms with Crippen molar-refractivity contribution < 1.29 is 5.11 Å². The van der Waals surface area contributed by atoms with E-state index in [1.54, 1.807) is 6.20 Å². The third kappa shape index (κ3) is 2.27. The Morgan fingerprint density at radius 2 is 2.31 bits per heavy atom. The molecule has 4 nitrogen and oxygen atoms in total.